The third kappa shape index (κ3) is 3.67. The molecule has 27 heavy (non-hydrogen) atoms. The average molecular weight is 361 g/mol. The number of amides is 1. The number of aliphatic imine (C=N–C) groups is 1. The lowest BCUT2D eigenvalue weighted by molar-refractivity contribution is -0.123. The first kappa shape index (κ1) is 16.8. The number of hydrogen-bond donors (Lipinski definition) is 2. The summed E-state index contributed by atoms with van der Waals surface area (Å²) in [6.07, 6.45) is 9.44. The van der Waals surface area contributed by atoms with Crippen LogP contribution < -0.4 is 10.6 Å². The number of hydrogen-bond acceptors (Lipinski definition) is 5. The Morgan fingerprint density at radius 2 is 2.07 bits per heavy atom. The Kier molecular flexibility index (Phi) is 4.57. The molecule has 0 bridgehead atoms. The Balaban J connectivity index is 1.53. The predicted octanol–water partition coefficient (Wildman–Crippen LogP) is 2.51. The van der Waals surface area contributed by atoms with Gasteiger partial charge in [-0.2, -0.15) is 5.10 Å². The minimum Gasteiger partial charge on any atom is -0.463 e. The van der Waals surface area contributed by atoms with E-state index < -0.39 is 5.79 Å². The SMILES string of the molecule is O=C(CCc1ccccc1)NC1(c2ccco2)N=CC=C(n2cccn2)N1. The van der Waals surface area contributed by atoms with Crippen molar-refractivity contribution in [3.05, 3.63) is 84.6 Å². The lowest BCUT2D eigenvalue weighted by Gasteiger charge is -2.33. The fourth-order valence-electron chi connectivity index (χ4n) is 2.93. The molecule has 0 saturated carbocycles. The maximum Gasteiger partial charge on any atom is 0.269 e. The molecule has 1 aliphatic heterocycles. The molecule has 0 spiro atoms. The number of aromatic nitrogens is 2. The fraction of sp³-hybridized carbons (Fsp3) is 0.150. The Hall–Kier alpha value is -3.61. The molecule has 1 amide bonds. The second-order valence-electron chi connectivity index (χ2n) is 6.13. The van der Waals surface area contributed by atoms with Gasteiger partial charge in [0.2, 0.25) is 5.91 Å². The van der Waals surface area contributed by atoms with E-state index in [0.717, 1.165) is 5.56 Å². The molecular weight excluding hydrogens is 342 g/mol. The van der Waals surface area contributed by atoms with E-state index in [4.69, 9.17) is 4.42 Å². The fourth-order valence-corrected chi connectivity index (χ4v) is 2.93. The minimum absolute atomic E-state index is 0.137. The van der Waals surface area contributed by atoms with Gasteiger partial charge in [-0.05, 0) is 36.3 Å². The van der Waals surface area contributed by atoms with Gasteiger partial charge in [-0.25, -0.2) is 9.67 Å². The molecule has 3 aromatic rings. The average Bonchev–Trinajstić information content (AvgIpc) is 3.41. The summed E-state index contributed by atoms with van der Waals surface area (Å²) in [4.78, 5) is 17.1. The van der Waals surface area contributed by atoms with E-state index in [1.807, 2.05) is 42.6 Å². The molecule has 0 radical (unpaired) electrons. The molecule has 1 aliphatic rings. The van der Waals surface area contributed by atoms with E-state index in [9.17, 15) is 4.79 Å². The molecule has 0 aliphatic carbocycles. The smallest absolute Gasteiger partial charge is 0.269 e. The van der Waals surface area contributed by atoms with Crippen molar-refractivity contribution in [3.8, 4) is 0 Å². The van der Waals surface area contributed by atoms with Gasteiger partial charge in [-0.3, -0.25) is 4.79 Å². The molecule has 2 aromatic heterocycles. The maximum absolute atomic E-state index is 12.7. The summed E-state index contributed by atoms with van der Waals surface area (Å²) in [6.45, 7) is 0. The summed E-state index contributed by atoms with van der Waals surface area (Å²) in [5.41, 5.74) is 1.11. The van der Waals surface area contributed by atoms with Crippen molar-refractivity contribution in [1.29, 1.82) is 0 Å². The van der Waals surface area contributed by atoms with Crippen LogP contribution in [0.2, 0.25) is 0 Å². The van der Waals surface area contributed by atoms with Crippen molar-refractivity contribution in [2.45, 2.75) is 18.6 Å². The van der Waals surface area contributed by atoms with Crippen LogP contribution in [-0.4, -0.2) is 21.9 Å². The van der Waals surface area contributed by atoms with Crippen LogP contribution in [0, 0.1) is 0 Å². The summed E-state index contributed by atoms with van der Waals surface area (Å²) in [6, 6.07) is 15.2. The highest BCUT2D eigenvalue weighted by Crippen LogP contribution is 2.25. The van der Waals surface area contributed by atoms with E-state index in [0.29, 0.717) is 24.4 Å². The van der Waals surface area contributed by atoms with Gasteiger partial charge in [0.15, 0.2) is 5.76 Å². The first-order chi connectivity index (χ1) is 13.3. The molecule has 1 atom stereocenters. The van der Waals surface area contributed by atoms with Crippen molar-refractivity contribution >= 4 is 17.9 Å². The molecule has 7 nitrogen and oxygen atoms in total. The number of nitrogens with one attached hydrogen (secondary N) is 2. The Labute approximate surface area is 156 Å². The number of benzene rings is 1. The zero-order valence-electron chi connectivity index (χ0n) is 14.6. The molecular formula is C20H19N5O2. The first-order valence-electron chi connectivity index (χ1n) is 8.68. The van der Waals surface area contributed by atoms with Crippen LogP contribution in [0.3, 0.4) is 0 Å². The van der Waals surface area contributed by atoms with E-state index in [1.165, 1.54) is 0 Å². The molecule has 7 heteroatoms. The zero-order chi connectivity index (χ0) is 18.5. The zero-order valence-corrected chi connectivity index (χ0v) is 14.6. The number of carbonyl (C=O) groups excluding carboxylic acids is 1. The second-order valence-corrected chi connectivity index (χ2v) is 6.13. The van der Waals surface area contributed by atoms with Gasteiger partial charge in [0.05, 0.1) is 6.26 Å². The van der Waals surface area contributed by atoms with Gasteiger partial charge in [0, 0.05) is 25.0 Å². The van der Waals surface area contributed by atoms with Gasteiger partial charge in [0.1, 0.15) is 5.82 Å². The van der Waals surface area contributed by atoms with E-state index in [1.54, 1.807) is 41.6 Å². The number of carbonyl (C=O) groups is 1. The van der Waals surface area contributed by atoms with Crippen molar-refractivity contribution in [1.82, 2.24) is 20.4 Å². The van der Waals surface area contributed by atoms with Crippen molar-refractivity contribution < 1.29 is 9.21 Å². The molecule has 1 aromatic carbocycles. The highest BCUT2D eigenvalue weighted by molar-refractivity contribution is 5.83. The van der Waals surface area contributed by atoms with Crippen molar-refractivity contribution in [2.75, 3.05) is 0 Å². The highest BCUT2D eigenvalue weighted by Gasteiger charge is 2.38. The van der Waals surface area contributed by atoms with Gasteiger partial charge < -0.3 is 15.1 Å². The number of furan rings is 1. The summed E-state index contributed by atoms with van der Waals surface area (Å²) in [7, 11) is 0. The highest BCUT2D eigenvalue weighted by atomic mass is 16.3. The van der Waals surface area contributed by atoms with Crippen LogP contribution in [0.1, 0.15) is 17.7 Å². The van der Waals surface area contributed by atoms with Crippen molar-refractivity contribution in [3.63, 3.8) is 0 Å². The molecule has 1 unspecified atom stereocenters. The summed E-state index contributed by atoms with van der Waals surface area (Å²) in [5, 5.41) is 10.4. The first-order valence-corrected chi connectivity index (χ1v) is 8.68. The predicted molar refractivity (Wildman–Crippen MR) is 101 cm³/mol. The van der Waals surface area contributed by atoms with Crippen LogP contribution in [0.15, 0.2) is 82.7 Å². The van der Waals surface area contributed by atoms with Gasteiger partial charge >= 0.3 is 0 Å². The molecule has 0 fully saturated rings. The van der Waals surface area contributed by atoms with Crippen LogP contribution in [-0.2, 0) is 17.0 Å². The van der Waals surface area contributed by atoms with Crippen LogP contribution in [0.25, 0.3) is 5.82 Å². The molecule has 0 saturated heterocycles. The Morgan fingerprint density at radius 1 is 1.19 bits per heavy atom. The topological polar surface area (TPSA) is 84.5 Å². The third-order valence-electron chi connectivity index (χ3n) is 4.24. The van der Waals surface area contributed by atoms with Gasteiger partial charge in [0.25, 0.3) is 5.79 Å². The monoisotopic (exact) mass is 361 g/mol. The third-order valence-corrected chi connectivity index (χ3v) is 4.24. The molecule has 4 rings (SSSR count). The van der Waals surface area contributed by atoms with Gasteiger partial charge in [-0.15, -0.1) is 0 Å². The Morgan fingerprint density at radius 3 is 2.81 bits per heavy atom. The largest absolute Gasteiger partial charge is 0.463 e. The second kappa shape index (κ2) is 7.33. The van der Waals surface area contributed by atoms with Crippen LogP contribution in [0.4, 0.5) is 0 Å². The van der Waals surface area contributed by atoms with Crippen LogP contribution >= 0.6 is 0 Å². The van der Waals surface area contributed by atoms with Crippen LogP contribution in [0.5, 0.6) is 0 Å². The standard InChI is InChI=1S/C20H19N5O2/c26-19(10-9-16-6-2-1-3-7-16)24-20(17-8-4-15-27-17)21-13-11-18(23-20)25-14-5-12-22-25/h1-8,11-15,23H,9-10H2,(H,24,26). The van der Waals surface area contributed by atoms with E-state index in [-0.39, 0.29) is 5.91 Å². The molecule has 3 heterocycles. The summed E-state index contributed by atoms with van der Waals surface area (Å²) < 4.78 is 7.22. The Bertz CT molecular complexity index is 946. The normalized spacial score (nSPS) is 18.6. The quantitative estimate of drug-likeness (QED) is 0.706. The molecule has 2 N–H and O–H groups in total. The summed E-state index contributed by atoms with van der Waals surface area (Å²) >= 11 is 0. The summed E-state index contributed by atoms with van der Waals surface area (Å²) in [5.74, 6) is -0.186. The number of rotatable bonds is 6. The molecule has 136 valence electrons. The van der Waals surface area contributed by atoms with Crippen molar-refractivity contribution in [2.24, 2.45) is 4.99 Å². The van der Waals surface area contributed by atoms with E-state index in [2.05, 4.69) is 20.7 Å². The van der Waals surface area contributed by atoms with Gasteiger partial charge in [-0.1, -0.05) is 30.3 Å². The number of aryl methyl sites for hydroxylation is 1. The lowest BCUT2D eigenvalue weighted by Crippen LogP contribution is -2.55. The van der Waals surface area contributed by atoms with E-state index >= 15 is 0 Å². The lowest BCUT2D eigenvalue weighted by atomic mass is 10.1. The maximum atomic E-state index is 12.7. The number of nitrogens with zero attached hydrogens (tertiary/aromatic N) is 3. The minimum atomic E-state index is -1.21. The number of allylic oxidation sites excluding steroid dienone is 1.